The molecule has 1 saturated carbocycles. The fourth-order valence-corrected chi connectivity index (χ4v) is 1.61. The van der Waals surface area contributed by atoms with Crippen molar-refractivity contribution in [2.45, 2.75) is 12.8 Å². The minimum atomic E-state index is 0.693. The van der Waals surface area contributed by atoms with Gasteiger partial charge in [-0.1, -0.05) is 30.3 Å². The summed E-state index contributed by atoms with van der Waals surface area (Å²) >= 11 is 5.81. The Hall–Kier alpha value is -0.970. The van der Waals surface area contributed by atoms with Crippen molar-refractivity contribution in [3.05, 3.63) is 47.2 Å². The highest BCUT2D eigenvalue weighted by Crippen LogP contribution is 2.41. The van der Waals surface area contributed by atoms with Crippen molar-refractivity contribution in [2.24, 2.45) is 5.92 Å². The average Bonchev–Trinajstić information content (AvgIpc) is 2.93. The Labute approximate surface area is 83.5 Å². The Bertz CT molecular complexity index is 351. The number of halogens is 1. The van der Waals surface area contributed by atoms with Crippen molar-refractivity contribution in [3.8, 4) is 0 Å². The Balaban J connectivity index is 2.33. The van der Waals surface area contributed by atoms with Gasteiger partial charge < -0.3 is 0 Å². The first-order valence-electron chi connectivity index (χ1n) is 4.47. The third kappa shape index (κ3) is 1.85. The Kier molecular flexibility index (Phi) is 2.26. The molecule has 1 aromatic carbocycles. The van der Waals surface area contributed by atoms with E-state index in [1.54, 1.807) is 0 Å². The van der Waals surface area contributed by atoms with Gasteiger partial charge in [0.25, 0.3) is 0 Å². The summed E-state index contributed by atoms with van der Waals surface area (Å²) < 4.78 is 0. The zero-order valence-corrected chi connectivity index (χ0v) is 8.14. The van der Waals surface area contributed by atoms with Gasteiger partial charge in [-0.2, -0.15) is 0 Å². The minimum Gasteiger partial charge on any atom is -0.124 e. The topological polar surface area (TPSA) is 0 Å². The minimum absolute atomic E-state index is 0.693. The van der Waals surface area contributed by atoms with E-state index < -0.39 is 0 Å². The van der Waals surface area contributed by atoms with Gasteiger partial charge >= 0.3 is 0 Å². The smallest absolute Gasteiger partial charge is 0.0406 e. The molecule has 2 rings (SSSR count). The monoisotopic (exact) mass is 190 g/mol. The molecule has 0 atom stereocenters. The van der Waals surface area contributed by atoms with E-state index in [1.807, 2.05) is 24.3 Å². The average molecular weight is 191 g/mol. The molecule has 13 heavy (non-hydrogen) atoms. The largest absolute Gasteiger partial charge is 0.124 e. The molecule has 1 aliphatic rings. The van der Waals surface area contributed by atoms with Crippen molar-refractivity contribution in [1.29, 1.82) is 0 Å². The van der Waals surface area contributed by atoms with Gasteiger partial charge in [0.1, 0.15) is 0 Å². The third-order valence-electron chi connectivity index (χ3n) is 2.33. The van der Waals surface area contributed by atoms with Crippen LogP contribution in [-0.2, 0) is 0 Å². The summed E-state index contributed by atoms with van der Waals surface area (Å²) in [6.45, 7) is 3.73. The Morgan fingerprint density at radius 1 is 1.31 bits per heavy atom. The maximum Gasteiger partial charge on any atom is 0.0406 e. The molecule has 1 aliphatic carbocycles. The SMILES string of the molecule is C=C=C(c1ccc(Cl)cc1)C1CC1. The third-order valence-corrected chi connectivity index (χ3v) is 2.58. The normalized spacial score (nSPS) is 15.2. The van der Waals surface area contributed by atoms with E-state index >= 15 is 0 Å². The van der Waals surface area contributed by atoms with Crippen LogP contribution in [-0.4, -0.2) is 0 Å². The van der Waals surface area contributed by atoms with Crippen LogP contribution in [0.25, 0.3) is 5.57 Å². The zero-order valence-electron chi connectivity index (χ0n) is 7.39. The Morgan fingerprint density at radius 3 is 2.38 bits per heavy atom. The second-order valence-corrected chi connectivity index (χ2v) is 3.81. The summed E-state index contributed by atoms with van der Waals surface area (Å²) in [5.74, 6) is 0.693. The van der Waals surface area contributed by atoms with Gasteiger partial charge in [-0.3, -0.25) is 0 Å². The molecule has 0 heterocycles. The molecule has 0 unspecified atom stereocenters. The molecule has 0 N–H and O–H groups in total. The van der Waals surface area contributed by atoms with E-state index in [2.05, 4.69) is 12.3 Å². The molecular weight excluding hydrogens is 180 g/mol. The first-order chi connectivity index (χ1) is 6.31. The molecule has 0 amide bonds. The molecule has 0 radical (unpaired) electrons. The second-order valence-electron chi connectivity index (χ2n) is 3.37. The molecule has 66 valence electrons. The molecule has 1 heteroatoms. The van der Waals surface area contributed by atoms with E-state index in [1.165, 1.54) is 24.0 Å². The van der Waals surface area contributed by atoms with E-state index in [0.29, 0.717) is 5.92 Å². The molecule has 0 saturated heterocycles. The summed E-state index contributed by atoms with van der Waals surface area (Å²) in [6, 6.07) is 7.90. The number of benzene rings is 1. The maximum absolute atomic E-state index is 5.81. The summed E-state index contributed by atoms with van der Waals surface area (Å²) in [7, 11) is 0. The summed E-state index contributed by atoms with van der Waals surface area (Å²) in [6.07, 6.45) is 2.56. The van der Waals surface area contributed by atoms with Crippen molar-refractivity contribution in [1.82, 2.24) is 0 Å². The standard InChI is InChI=1S/C12H11Cl/c1-2-12(9-3-4-9)10-5-7-11(13)8-6-10/h5-9H,1,3-4H2. The van der Waals surface area contributed by atoms with Gasteiger partial charge in [0, 0.05) is 10.6 Å². The summed E-state index contributed by atoms with van der Waals surface area (Å²) in [5.41, 5.74) is 5.48. The fraction of sp³-hybridized carbons (Fsp3) is 0.250. The van der Waals surface area contributed by atoms with Gasteiger partial charge in [-0.05, 0) is 36.5 Å². The molecule has 1 aromatic rings. The van der Waals surface area contributed by atoms with E-state index in [-0.39, 0.29) is 0 Å². The van der Waals surface area contributed by atoms with Crippen LogP contribution in [0, 0.1) is 5.92 Å². The van der Waals surface area contributed by atoms with Crippen LogP contribution in [0.3, 0.4) is 0 Å². The van der Waals surface area contributed by atoms with Gasteiger partial charge in [0.2, 0.25) is 0 Å². The highest BCUT2D eigenvalue weighted by Gasteiger charge is 2.26. The van der Waals surface area contributed by atoms with Crippen molar-refractivity contribution < 1.29 is 0 Å². The van der Waals surface area contributed by atoms with Crippen LogP contribution in [0.15, 0.2) is 36.6 Å². The van der Waals surface area contributed by atoms with Gasteiger partial charge in [-0.25, -0.2) is 0 Å². The molecule has 0 nitrogen and oxygen atoms in total. The maximum atomic E-state index is 5.81. The quantitative estimate of drug-likeness (QED) is 0.621. The molecule has 0 aromatic heterocycles. The molecule has 0 bridgehead atoms. The highest BCUT2D eigenvalue weighted by atomic mass is 35.5. The lowest BCUT2D eigenvalue weighted by Gasteiger charge is -2.02. The highest BCUT2D eigenvalue weighted by molar-refractivity contribution is 6.30. The van der Waals surface area contributed by atoms with Gasteiger partial charge in [0.05, 0.1) is 0 Å². The number of hydrogen-bond donors (Lipinski definition) is 0. The van der Waals surface area contributed by atoms with Crippen LogP contribution in [0.4, 0.5) is 0 Å². The molecule has 0 aliphatic heterocycles. The van der Waals surface area contributed by atoms with Crippen LogP contribution in [0.1, 0.15) is 18.4 Å². The summed E-state index contributed by atoms with van der Waals surface area (Å²) in [5, 5.41) is 0.781. The lowest BCUT2D eigenvalue weighted by atomic mass is 10.0. The lowest BCUT2D eigenvalue weighted by molar-refractivity contribution is 1.15. The van der Waals surface area contributed by atoms with Gasteiger partial charge in [-0.15, -0.1) is 5.73 Å². The molecule has 0 spiro atoms. The predicted molar refractivity (Wildman–Crippen MR) is 56.7 cm³/mol. The Morgan fingerprint density at radius 2 is 1.92 bits per heavy atom. The number of hydrogen-bond acceptors (Lipinski definition) is 0. The number of rotatable bonds is 2. The lowest BCUT2D eigenvalue weighted by Crippen LogP contribution is -1.84. The second kappa shape index (κ2) is 3.41. The first kappa shape index (κ1) is 8.62. The van der Waals surface area contributed by atoms with Crippen molar-refractivity contribution in [3.63, 3.8) is 0 Å². The van der Waals surface area contributed by atoms with E-state index in [0.717, 1.165) is 5.02 Å². The van der Waals surface area contributed by atoms with Crippen molar-refractivity contribution in [2.75, 3.05) is 0 Å². The molecular formula is C12H11Cl. The van der Waals surface area contributed by atoms with E-state index in [9.17, 15) is 0 Å². The van der Waals surface area contributed by atoms with E-state index in [4.69, 9.17) is 11.6 Å². The summed E-state index contributed by atoms with van der Waals surface area (Å²) in [4.78, 5) is 0. The van der Waals surface area contributed by atoms with Crippen LogP contribution in [0.2, 0.25) is 5.02 Å². The van der Waals surface area contributed by atoms with Gasteiger partial charge in [0.15, 0.2) is 0 Å². The predicted octanol–water partition coefficient (Wildman–Crippen LogP) is 3.92. The van der Waals surface area contributed by atoms with Crippen molar-refractivity contribution >= 4 is 17.2 Å². The molecule has 1 fully saturated rings. The number of allylic oxidation sites excluding steroid dienone is 1. The van der Waals surface area contributed by atoms with Crippen LogP contribution >= 0.6 is 11.6 Å². The van der Waals surface area contributed by atoms with Crippen LogP contribution in [0.5, 0.6) is 0 Å². The van der Waals surface area contributed by atoms with Crippen LogP contribution < -0.4 is 0 Å². The zero-order chi connectivity index (χ0) is 9.26. The first-order valence-corrected chi connectivity index (χ1v) is 4.85. The fourth-order valence-electron chi connectivity index (χ4n) is 1.48.